The van der Waals surface area contributed by atoms with Crippen molar-refractivity contribution < 1.29 is 0 Å². The minimum atomic E-state index is 1.26. The molecule has 0 amide bonds. The van der Waals surface area contributed by atoms with E-state index in [2.05, 4.69) is 37.3 Å². The molecule has 0 saturated carbocycles. The van der Waals surface area contributed by atoms with Crippen molar-refractivity contribution >= 4 is 0 Å². The van der Waals surface area contributed by atoms with Gasteiger partial charge in [0.2, 0.25) is 0 Å². The van der Waals surface area contributed by atoms with Gasteiger partial charge in [0, 0.05) is 0 Å². The molecule has 0 atom stereocenters. The molecule has 0 bridgehead atoms. The van der Waals surface area contributed by atoms with Gasteiger partial charge >= 0.3 is 0 Å². The average molecular weight is 303 g/mol. The maximum absolute atomic E-state index is 2.29. The van der Waals surface area contributed by atoms with Crippen molar-refractivity contribution in [3.8, 4) is 0 Å². The van der Waals surface area contributed by atoms with E-state index in [1.54, 1.807) is 0 Å². The van der Waals surface area contributed by atoms with Gasteiger partial charge in [-0.15, -0.1) is 0 Å². The van der Waals surface area contributed by atoms with Crippen LogP contribution in [0, 0.1) is 0 Å². The Bertz CT molecular complexity index is 314. The van der Waals surface area contributed by atoms with Gasteiger partial charge in [0.15, 0.2) is 0 Å². The van der Waals surface area contributed by atoms with E-state index in [0.29, 0.717) is 0 Å². The third-order valence-electron chi connectivity index (χ3n) is 4.66. The molecule has 0 aliphatic rings. The van der Waals surface area contributed by atoms with Crippen LogP contribution >= 0.6 is 0 Å². The predicted molar refractivity (Wildman–Crippen MR) is 100 cm³/mol. The maximum Gasteiger partial charge on any atom is -0.0279 e. The van der Waals surface area contributed by atoms with E-state index in [1.165, 1.54) is 102 Å². The molecule has 1 aromatic carbocycles. The molecule has 1 aromatic rings. The lowest BCUT2D eigenvalue weighted by Crippen LogP contribution is -1.86. The van der Waals surface area contributed by atoms with Crippen LogP contribution in [0.2, 0.25) is 0 Å². The smallest absolute Gasteiger partial charge is 0.0279 e. The van der Waals surface area contributed by atoms with Crippen LogP contribution < -0.4 is 0 Å². The molecule has 0 aliphatic heterocycles. The number of benzene rings is 1. The van der Waals surface area contributed by atoms with Crippen LogP contribution in [0.1, 0.15) is 102 Å². The first-order chi connectivity index (χ1) is 10.9. The molecule has 0 radical (unpaired) electrons. The molecule has 0 heteroatoms. The Kier molecular flexibility index (Phi) is 13.2. The first-order valence-electron chi connectivity index (χ1n) is 9.97. The fraction of sp³-hybridized carbons (Fsp3) is 0.727. The van der Waals surface area contributed by atoms with Crippen LogP contribution in [0.5, 0.6) is 0 Å². The summed E-state index contributed by atoms with van der Waals surface area (Å²) in [5, 5.41) is 0. The van der Waals surface area contributed by atoms with Gasteiger partial charge in [0.25, 0.3) is 0 Å². The fourth-order valence-electron chi connectivity index (χ4n) is 3.17. The van der Waals surface area contributed by atoms with Crippen LogP contribution in [-0.4, -0.2) is 0 Å². The second kappa shape index (κ2) is 15.1. The first kappa shape index (κ1) is 19.3. The number of hydrogen-bond donors (Lipinski definition) is 0. The number of unbranched alkanes of at least 4 members (excludes halogenated alkanes) is 13. The second-order valence-corrected chi connectivity index (χ2v) is 6.83. The normalized spacial score (nSPS) is 11.0. The van der Waals surface area contributed by atoms with Crippen molar-refractivity contribution in [1.82, 2.24) is 0 Å². The molecule has 0 nitrogen and oxygen atoms in total. The molecule has 1 rings (SSSR count). The van der Waals surface area contributed by atoms with Crippen molar-refractivity contribution in [3.05, 3.63) is 35.9 Å². The molecular formula is C22H38. The zero-order chi connectivity index (χ0) is 15.7. The predicted octanol–water partition coefficient (Wildman–Crippen LogP) is 7.71. The van der Waals surface area contributed by atoms with Crippen molar-refractivity contribution in [2.75, 3.05) is 0 Å². The zero-order valence-corrected chi connectivity index (χ0v) is 15.0. The molecular weight excluding hydrogens is 264 g/mol. The monoisotopic (exact) mass is 302 g/mol. The Morgan fingerprint density at radius 3 is 1.36 bits per heavy atom. The summed E-state index contributed by atoms with van der Waals surface area (Å²) in [7, 11) is 0. The van der Waals surface area contributed by atoms with E-state index >= 15 is 0 Å². The van der Waals surface area contributed by atoms with Gasteiger partial charge in [-0.2, -0.15) is 0 Å². The fourth-order valence-corrected chi connectivity index (χ4v) is 3.17. The minimum absolute atomic E-state index is 1.26. The van der Waals surface area contributed by atoms with Gasteiger partial charge in [0.05, 0.1) is 0 Å². The van der Waals surface area contributed by atoms with E-state index in [-0.39, 0.29) is 0 Å². The standard InChI is InChI=1S/C22H38/c1-2-3-4-5-6-7-8-9-10-11-12-13-14-16-19-22-20-17-15-18-21-22/h15,17-18,20-21H,2-14,16,19H2,1H3. The zero-order valence-electron chi connectivity index (χ0n) is 15.0. The Hall–Kier alpha value is -0.780. The maximum atomic E-state index is 2.29. The Balaban J connectivity index is 1.73. The van der Waals surface area contributed by atoms with Crippen LogP contribution in [0.25, 0.3) is 0 Å². The first-order valence-corrected chi connectivity index (χ1v) is 9.97. The Morgan fingerprint density at radius 2 is 0.909 bits per heavy atom. The highest BCUT2D eigenvalue weighted by atomic mass is 14.0. The second-order valence-electron chi connectivity index (χ2n) is 6.83. The van der Waals surface area contributed by atoms with Gasteiger partial charge in [-0.05, 0) is 18.4 Å². The molecule has 0 fully saturated rings. The Morgan fingerprint density at radius 1 is 0.500 bits per heavy atom. The van der Waals surface area contributed by atoms with Gasteiger partial charge in [-0.25, -0.2) is 0 Å². The Labute approximate surface area is 139 Å². The topological polar surface area (TPSA) is 0 Å². The number of rotatable bonds is 15. The van der Waals surface area contributed by atoms with E-state index in [0.717, 1.165) is 0 Å². The lowest BCUT2D eigenvalue weighted by molar-refractivity contribution is 0.535. The van der Waals surface area contributed by atoms with Crippen LogP contribution in [0.3, 0.4) is 0 Å². The average Bonchev–Trinajstić information content (AvgIpc) is 2.56. The lowest BCUT2D eigenvalue weighted by atomic mass is 10.0. The summed E-state index contributed by atoms with van der Waals surface area (Å²) in [4.78, 5) is 0. The lowest BCUT2D eigenvalue weighted by Gasteiger charge is -2.03. The highest BCUT2D eigenvalue weighted by Gasteiger charge is 1.95. The summed E-state index contributed by atoms with van der Waals surface area (Å²) in [6.07, 6.45) is 21.5. The largest absolute Gasteiger partial charge is 0.0654 e. The number of aryl methyl sites for hydroxylation is 1. The molecule has 0 saturated heterocycles. The van der Waals surface area contributed by atoms with Crippen molar-refractivity contribution in [1.29, 1.82) is 0 Å². The number of hydrogen-bond acceptors (Lipinski definition) is 0. The van der Waals surface area contributed by atoms with E-state index in [1.807, 2.05) is 0 Å². The third kappa shape index (κ3) is 11.8. The van der Waals surface area contributed by atoms with Gasteiger partial charge in [-0.3, -0.25) is 0 Å². The summed E-state index contributed by atoms with van der Waals surface area (Å²) >= 11 is 0. The molecule has 0 unspecified atom stereocenters. The molecule has 22 heavy (non-hydrogen) atoms. The SMILES string of the molecule is CCCCCCCCCCCCCCCCc1ccccc1. The summed E-state index contributed by atoms with van der Waals surface area (Å²) in [5.74, 6) is 0. The van der Waals surface area contributed by atoms with E-state index < -0.39 is 0 Å². The van der Waals surface area contributed by atoms with Gasteiger partial charge < -0.3 is 0 Å². The summed E-state index contributed by atoms with van der Waals surface area (Å²) in [5.41, 5.74) is 1.50. The minimum Gasteiger partial charge on any atom is -0.0654 e. The van der Waals surface area contributed by atoms with Crippen molar-refractivity contribution in [2.45, 2.75) is 103 Å². The summed E-state index contributed by atoms with van der Waals surface area (Å²) in [6.45, 7) is 2.29. The quantitative estimate of drug-likeness (QED) is 0.291. The van der Waals surface area contributed by atoms with Crippen molar-refractivity contribution in [2.24, 2.45) is 0 Å². The van der Waals surface area contributed by atoms with E-state index in [4.69, 9.17) is 0 Å². The highest BCUT2D eigenvalue weighted by Crippen LogP contribution is 2.13. The van der Waals surface area contributed by atoms with Gasteiger partial charge in [-0.1, -0.05) is 121 Å². The molecule has 0 heterocycles. The molecule has 0 N–H and O–H groups in total. The summed E-state index contributed by atoms with van der Waals surface area (Å²) < 4.78 is 0. The summed E-state index contributed by atoms with van der Waals surface area (Å²) in [6, 6.07) is 10.9. The van der Waals surface area contributed by atoms with Gasteiger partial charge in [0.1, 0.15) is 0 Å². The van der Waals surface area contributed by atoms with E-state index in [9.17, 15) is 0 Å². The van der Waals surface area contributed by atoms with Crippen LogP contribution in [0.15, 0.2) is 30.3 Å². The molecule has 0 spiro atoms. The van der Waals surface area contributed by atoms with Crippen LogP contribution in [-0.2, 0) is 6.42 Å². The third-order valence-corrected chi connectivity index (χ3v) is 4.66. The molecule has 0 aliphatic carbocycles. The van der Waals surface area contributed by atoms with Crippen LogP contribution in [0.4, 0.5) is 0 Å². The van der Waals surface area contributed by atoms with Crippen molar-refractivity contribution in [3.63, 3.8) is 0 Å². The molecule has 126 valence electrons. The highest BCUT2D eigenvalue weighted by molar-refractivity contribution is 5.14. The molecule has 0 aromatic heterocycles.